The van der Waals surface area contributed by atoms with Crippen LogP contribution in [-0.2, 0) is 4.79 Å². The molecule has 44 heavy (non-hydrogen) atoms. The minimum absolute atomic E-state index is 0.0585. The number of carbonyl (C=O) groups excluding carboxylic acids is 2. The molecule has 0 bridgehead atoms. The molecule has 1 N–H and O–H groups in total. The van der Waals surface area contributed by atoms with Crippen LogP contribution < -0.4 is 5.32 Å². The minimum atomic E-state index is -0.638. The number of alkyl halides is 1. The third-order valence-electron chi connectivity index (χ3n) is 9.34. The molecule has 2 atom stereocenters. The lowest BCUT2D eigenvalue weighted by molar-refractivity contribution is -0.134. The lowest BCUT2D eigenvalue weighted by Gasteiger charge is -2.47. The highest BCUT2D eigenvalue weighted by Crippen LogP contribution is 2.50. The van der Waals surface area contributed by atoms with Crippen LogP contribution in [0.4, 0.5) is 0 Å². The maximum Gasteiger partial charge on any atom is 0.274 e. The first-order chi connectivity index (χ1) is 20.6. The molecule has 2 aliphatic heterocycles. The molecule has 8 nitrogen and oxygen atoms in total. The first-order valence-corrected chi connectivity index (χ1v) is 16.5. The van der Waals surface area contributed by atoms with Gasteiger partial charge in [0.15, 0.2) is 5.84 Å². The molecule has 5 rings (SSSR count). The van der Waals surface area contributed by atoms with Gasteiger partial charge in [-0.2, -0.15) is 0 Å². The van der Waals surface area contributed by atoms with Crippen molar-refractivity contribution in [2.24, 2.45) is 37.2 Å². The number of rotatable bonds is 8. The van der Waals surface area contributed by atoms with Gasteiger partial charge in [0.1, 0.15) is 11.4 Å². The number of nitrogens with zero attached hydrogens (tertiary/aromatic N) is 5. The maximum absolute atomic E-state index is 14.6. The average molecular weight is 640 g/mol. The minimum Gasteiger partial charge on any atom is -0.345 e. The molecule has 1 aromatic rings. The molecular weight excluding hydrogens is 595 g/mol. The second-order valence-corrected chi connectivity index (χ2v) is 15.8. The molecule has 1 aromatic carbocycles. The van der Waals surface area contributed by atoms with Gasteiger partial charge in [-0.3, -0.25) is 14.6 Å². The molecule has 0 saturated heterocycles. The Morgan fingerprint density at radius 3 is 2.32 bits per heavy atom. The predicted molar refractivity (Wildman–Crippen MR) is 177 cm³/mol. The third kappa shape index (κ3) is 7.17. The predicted octanol–water partition coefficient (Wildman–Crippen LogP) is 8.34. The van der Waals surface area contributed by atoms with E-state index in [1.165, 1.54) is 0 Å². The number of nitrogens with one attached hydrogen (secondary N) is 1. The van der Waals surface area contributed by atoms with E-state index in [9.17, 15) is 9.59 Å². The zero-order chi connectivity index (χ0) is 31.9. The SMILES string of the molecule is CC(C)(C)CCC(c1ccc(C(=O)NCC2=NN=N2)cc1)N1C(=O)C(C2=CC(Cl)=CC(Cl)C2)=NC12CCC(C(C)(C)C)CC2. The van der Waals surface area contributed by atoms with E-state index in [1.807, 2.05) is 36.4 Å². The Kier molecular flexibility index (Phi) is 9.26. The molecule has 4 aliphatic rings. The molecule has 1 spiro atoms. The van der Waals surface area contributed by atoms with Crippen molar-refractivity contribution in [3.63, 3.8) is 0 Å². The number of amidine groups is 1. The van der Waals surface area contributed by atoms with Crippen LogP contribution in [-0.4, -0.2) is 45.8 Å². The molecule has 1 saturated carbocycles. The lowest BCUT2D eigenvalue weighted by atomic mass is 9.69. The Bertz CT molecular complexity index is 1440. The summed E-state index contributed by atoms with van der Waals surface area (Å²) in [5, 5.41) is 14.1. The number of hydrogen-bond acceptors (Lipinski definition) is 6. The van der Waals surface area contributed by atoms with Crippen LogP contribution in [0.25, 0.3) is 0 Å². The Balaban J connectivity index is 1.50. The van der Waals surface area contributed by atoms with Crippen molar-refractivity contribution in [2.45, 2.75) is 104 Å². The van der Waals surface area contributed by atoms with Crippen molar-refractivity contribution in [1.29, 1.82) is 0 Å². The van der Waals surface area contributed by atoms with Crippen molar-refractivity contribution < 1.29 is 9.59 Å². The van der Waals surface area contributed by atoms with E-state index in [1.54, 1.807) is 0 Å². The molecule has 0 aromatic heterocycles. The van der Waals surface area contributed by atoms with Gasteiger partial charge in [0.05, 0.1) is 18.0 Å². The summed E-state index contributed by atoms with van der Waals surface area (Å²) >= 11 is 13.0. The Labute approximate surface area is 271 Å². The highest BCUT2D eigenvalue weighted by atomic mass is 35.5. The maximum atomic E-state index is 14.6. The first-order valence-electron chi connectivity index (χ1n) is 15.7. The van der Waals surface area contributed by atoms with E-state index >= 15 is 0 Å². The summed E-state index contributed by atoms with van der Waals surface area (Å²) in [5.74, 6) is 0.785. The summed E-state index contributed by atoms with van der Waals surface area (Å²) in [4.78, 5) is 34.8. The quantitative estimate of drug-likeness (QED) is 0.289. The molecule has 0 radical (unpaired) electrons. The van der Waals surface area contributed by atoms with E-state index in [-0.39, 0.29) is 40.6 Å². The van der Waals surface area contributed by atoms with Gasteiger partial charge in [-0.25, -0.2) is 0 Å². The summed E-state index contributed by atoms with van der Waals surface area (Å²) in [5.41, 5.74) is 2.44. The molecular formula is C34H44Cl2N6O2. The molecule has 10 heteroatoms. The van der Waals surface area contributed by atoms with E-state index in [4.69, 9.17) is 28.2 Å². The van der Waals surface area contributed by atoms with Gasteiger partial charge in [0, 0.05) is 10.6 Å². The fourth-order valence-electron chi connectivity index (χ4n) is 6.74. The van der Waals surface area contributed by atoms with Gasteiger partial charge in [-0.1, -0.05) is 65.3 Å². The zero-order valence-electron chi connectivity index (χ0n) is 26.7. The van der Waals surface area contributed by atoms with Crippen LogP contribution in [0.15, 0.2) is 67.5 Å². The van der Waals surface area contributed by atoms with E-state index in [0.717, 1.165) is 49.7 Å². The Morgan fingerprint density at radius 2 is 1.77 bits per heavy atom. The monoisotopic (exact) mass is 638 g/mol. The summed E-state index contributed by atoms with van der Waals surface area (Å²) in [6.45, 7) is 13.8. The third-order valence-corrected chi connectivity index (χ3v) is 9.85. The summed E-state index contributed by atoms with van der Waals surface area (Å²) in [6, 6.07) is 7.42. The summed E-state index contributed by atoms with van der Waals surface area (Å²) in [6.07, 6.45) is 9.47. The van der Waals surface area contributed by atoms with Crippen molar-refractivity contribution in [3.8, 4) is 0 Å². The summed E-state index contributed by atoms with van der Waals surface area (Å²) < 4.78 is 0. The summed E-state index contributed by atoms with van der Waals surface area (Å²) in [7, 11) is 0. The van der Waals surface area contributed by atoms with Gasteiger partial charge in [-0.15, -0.1) is 21.8 Å². The van der Waals surface area contributed by atoms with E-state index in [0.29, 0.717) is 34.5 Å². The van der Waals surface area contributed by atoms with Crippen molar-refractivity contribution in [3.05, 3.63) is 58.1 Å². The molecule has 1 fully saturated rings. The largest absolute Gasteiger partial charge is 0.345 e. The Morgan fingerprint density at radius 1 is 1.11 bits per heavy atom. The van der Waals surface area contributed by atoms with E-state index in [2.05, 4.69) is 67.2 Å². The standard InChI is InChI=1S/C34H44Cl2N6O2/c1-32(2,3)14-13-27(21-7-9-22(10-8-21)30(43)37-20-28-39-41-40-28)42-31(44)29(23-17-25(35)19-26(36)18-23)38-34(42)15-11-24(12-16-34)33(4,5)6/h7-10,17,19,24,26-27H,11-16,18,20H2,1-6H3,(H,37,43). The number of aliphatic imine (C=N–C) groups is 1. The molecule has 2 heterocycles. The van der Waals surface area contributed by atoms with Crippen LogP contribution in [0.2, 0.25) is 0 Å². The first kappa shape index (κ1) is 32.6. The van der Waals surface area contributed by atoms with Gasteiger partial charge < -0.3 is 10.2 Å². The lowest BCUT2D eigenvalue weighted by Crippen LogP contribution is -2.51. The van der Waals surface area contributed by atoms with Crippen LogP contribution in [0.5, 0.6) is 0 Å². The molecule has 2 amide bonds. The van der Waals surface area contributed by atoms with Crippen LogP contribution in [0.1, 0.15) is 108 Å². The van der Waals surface area contributed by atoms with Gasteiger partial charge in [0.2, 0.25) is 0 Å². The molecule has 2 aliphatic carbocycles. The fourth-order valence-corrected chi connectivity index (χ4v) is 7.39. The van der Waals surface area contributed by atoms with E-state index < -0.39 is 5.66 Å². The number of halogens is 2. The number of hydrogen-bond donors (Lipinski definition) is 1. The van der Waals surface area contributed by atoms with Crippen LogP contribution >= 0.6 is 23.2 Å². The average Bonchev–Trinajstić information content (AvgIpc) is 3.18. The number of carbonyl (C=O) groups is 2. The number of amides is 2. The van der Waals surface area contributed by atoms with Crippen molar-refractivity contribution >= 4 is 46.6 Å². The van der Waals surface area contributed by atoms with Gasteiger partial charge >= 0.3 is 0 Å². The van der Waals surface area contributed by atoms with Crippen LogP contribution in [0.3, 0.4) is 0 Å². The van der Waals surface area contributed by atoms with Crippen molar-refractivity contribution in [2.75, 3.05) is 6.54 Å². The number of benzene rings is 1. The van der Waals surface area contributed by atoms with Crippen molar-refractivity contribution in [1.82, 2.24) is 10.2 Å². The fraction of sp³-hybridized carbons (Fsp3) is 0.588. The second kappa shape index (κ2) is 12.5. The Hall–Kier alpha value is -2.84. The smallest absolute Gasteiger partial charge is 0.274 e. The zero-order valence-corrected chi connectivity index (χ0v) is 28.2. The number of allylic oxidation sites excluding steroid dienone is 3. The van der Waals surface area contributed by atoms with Gasteiger partial charge in [-0.05, 0) is 102 Å². The highest BCUT2D eigenvalue weighted by Gasteiger charge is 2.53. The normalized spacial score (nSPS) is 26.1. The molecule has 236 valence electrons. The second-order valence-electron chi connectivity index (χ2n) is 14.8. The highest BCUT2D eigenvalue weighted by molar-refractivity contribution is 6.47. The molecule has 2 unspecified atom stereocenters. The topological polar surface area (TPSA) is 98.9 Å². The van der Waals surface area contributed by atoms with Gasteiger partial charge in [0.25, 0.3) is 11.8 Å². The van der Waals surface area contributed by atoms with Crippen LogP contribution in [0, 0.1) is 16.7 Å².